The third-order valence-electron chi connectivity index (χ3n) is 5.27. The predicted molar refractivity (Wildman–Crippen MR) is 135 cm³/mol. The Kier molecular flexibility index (Phi) is 7.55. The highest BCUT2D eigenvalue weighted by molar-refractivity contribution is 6.38. The summed E-state index contributed by atoms with van der Waals surface area (Å²) >= 11 is 12.8. The average molecular weight is 499 g/mol. The number of aromatic nitrogens is 2. The van der Waals surface area contributed by atoms with Gasteiger partial charge in [0, 0.05) is 35.5 Å². The van der Waals surface area contributed by atoms with E-state index in [9.17, 15) is 4.79 Å². The number of rotatable bonds is 9. The molecule has 0 saturated carbocycles. The molecule has 2 aromatic carbocycles. The molecule has 0 atom stereocenters. The first kappa shape index (κ1) is 23.9. The summed E-state index contributed by atoms with van der Waals surface area (Å²) in [6.45, 7) is 2.79. The number of benzene rings is 2. The zero-order valence-corrected chi connectivity index (χ0v) is 20.4. The molecular weight excluding hydrogens is 475 g/mol. The van der Waals surface area contributed by atoms with Gasteiger partial charge in [0.2, 0.25) is 5.91 Å². The Bertz CT molecular complexity index is 1280. The fraction of sp³-hybridized carbons (Fsp3) is 0.240. The molecule has 4 aromatic rings. The lowest BCUT2D eigenvalue weighted by Gasteiger charge is -2.24. The van der Waals surface area contributed by atoms with E-state index in [0.717, 1.165) is 16.9 Å². The molecule has 0 radical (unpaired) electrons. The SMILES string of the molecule is CCc1nc(N(CCC(=O)Nc2ccc(OC)cc2)Cc2ccco2)c2cc(Cl)cc(Cl)c2n1. The van der Waals surface area contributed by atoms with E-state index < -0.39 is 0 Å². The number of aryl methyl sites for hydroxylation is 1. The van der Waals surface area contributed by atoms with Crippen molar-refractivity contribution in [1.29, 1.82) is 0 Å². The van der Waals surface area contributed by atoms with Gasteiger partial charge in [-0.2, -0.15) is 0 Å². The van der Waals surface area contributed by atoms with Crippen molar-refractivity contribution in [2.24, 2.45) is 0 Å². The standard InChI is InChI=1S/C25H24Cl2N4O3/c1-3-22-29-24-20(13-16(26)14-21(24)27)25(30-22)31(15-19-5-4-12-34-19)11-10-23(32)28-17-6-8-18(33-2)9-7-17/h4-9,12-14H,3,10-11,15H2,1-2H3,(H,28,32). The second kappa shape index (κ2) is 10.8. The fourth-order valence-corrected chi connectivity index (χ4v) is 4.11. The van der Waals surface area contributed by atoms with Crippen molar-refractivity contribution < 1.29 is 13.9 Å². The maximum absolute atomic E-state index is 12.7. The van der Waals surface area contributed by atoms with Gasteiger partial charge < -0.3 is 19.4 Å². The summed E-state index contributed by atoms with van der Waals surface area (Å²) in [5, 5.41) is 4.58. The molecule has 0 spiro atoms. The largest absolute Gasteiger partial charge is 0.497 e. The van der Waals surface area contributed by atoms with Gasteiger partial charge in [0.05, 0.1) is 30.5 Å². The van der Waals surface area contributed by atoms with Gasteiger partial charge in [0.15, 0.2) is 0 Å². The zero-order chi connectivity index (χ0) is 24.1. The minimum atomic E-state index is -0.125. The van der Waals surface area contributed by atoms with Gasteiger partial charge in [-0.25, -0.2) is 9.97 Å². The number of hydrogen-bond acceptors (Lipinski definition) is 6. The zero-order valence-electron chi connectivity index (χ0n) is 18.8. The molecule has 9 heteroatoms. The van der Waals surface area contributed by atoms with E-state index in [1.807, 2.05) is 24.0 Å². The molecule has 34 heavy (non-hydrogen) atoms. The third kappa shape index (κ3) is 5.61. The van der Waals surface area contributed by atoms with Crippen molar-refractivity contribution in [3.05, 3.63) is 76.4 Å². The highest BCUT2D eigenvalue weighted by atomic mass is 35.5. The molecule has 0 fully saturated rings. The number of ether oxygens (including phenoxy) is 1. The van der Waals surface area contributed by atoms with Gasteiger partial charge in [-0.05, 0) is 48.5 Å². The van der Waals surface area contributed by atoms with Crippen LogP contribution < -0.4 is 15.0 Å². The van der Waals surface area contributed by atoms with Crippen molar-refractivity contribution >= 4 is 51.5 Å². The average Bonchev–Trinajstić information content (AvgIpc) is 3.35. The van der Waals surface area contributed by atoms with Gasteiger partial charge in [-0.1, -0.05) is 30.1 Å². The molecule has 1 amide bonds. The number of carbonyl (C=O) groups is 1. The molecule has 0 aliphatic rings. The Hall–Kier alpha value is -3.29. The Morgan fingerprint density at radius 3 is 2.62 bits per heavy atom. The summed E-state index contributed by atoms with van der Waals surface area (Å²) in [4.78, 5) is 24.1. The lowest BCUT2D eigenvalue weighted by molar-refractivity contribution is -0.116. The van der Waals surface area contributed by atoms with Gasteiger partial charge in [0.1, 0.15) is 23.2 Å². The first-order valence-electron chi connectivity index (χ1n) is 10.8. The number of nitrogens with zero attached hydrogens (tertiary/aromatic N) is 3. The van der Waals surface area contributed by atoms with Crippen molar-refractivity contribution in [3.63, 3.8) is 0 Å². The summed E-state index contributed by atoms with van der Waals surface area (Å²) in [5.41, 5.74) is 1.32. The van der Waals surface area contributed by atoms with E-state index in [0.29, 0.717) is 52.4 Å². The van der Waals surface area contributed by atoms with E-state index in [-0.39, 0.29) is 12.3 Å². The van der Waals surface area contributed by atoms with Crippen LogP contribution in [0.5, 0.6) is 5.75 Å². The van der Waals surface area contributed by atoms with E-state index in [1.54, 1.807) is 49.8 Å². The molecule has 176 valence electrons. The number of furan rings is 1. The van der Waals surface area contributed by atoms with E-state index in [4.69, 9.17) is 37.3 Å². The molecule has 2 heterocycles. The number of carbonyl (C=O) groups excluding carboxylic acids is 1. The highest BCUT2D eigenvalue weighted by Gasteiger charge is 2.19. The van der Waals surface area contributed by atoms with Crippen LogP contribution in [-0.4, -0.2) is 29.5 Å². The smallest absolute Gasteiger partial charge is 0.226 e. The van der Waals surface area contributed by atoms with Gasteiger partial charge >= 0.3 is 0 Å². The van der Waals surface area contributed by atoms with Crippen LogP contribution in [0.1, 0.15) is 24.9 Å². The Morgan fingerprint density at radius 2 is 1.94 bits per heavy atom. The molecule has 4 rings (SSSR count). The summed E-state index contributed by atoms with van der Waals surface area (Å²) in [7, 11) is 1.60. The minimum Gasteiger partial charge on any atom is -0.497 e. The van der Waals surface area contributed by atoms with E-state index in [2.05, 4.69) is 10.3 Å². The van der Waals surface area contributed by atoms with E-state index >= 15 is 0 Å². The van der Waals surface area contributed by atoms with Crippen LogP contribution in [-0.2, 0) is 17.8 Å². The lowest BCUT2D eigenvalue weighted by atomic mass is 10.2. The van der Waals surface area contributed by atoms with Crippen LogP contribution in [0.25, 0.3) is 10.9 Å². The predicted octanol–water partition coefficient (Wildman–Crippen LogP) is 6.14. The van der Waals surface area contributed by atoms with Crippen LogP contribution in [0.2, 0.25) is 10.0 Å². The monoisotopic (exact) mass is 498 g/mol. The number of amides is 1. The quantitative estimate of drug-likeness (QED) is 0.298. The van der Waals surface area contributed by atoms with Crippen molar-refractivity contribution in [2.45, 2.75) is 26.3 Å². The Labute approximate surface area is 207 Å². The van der Waals surface area contributed by atoms with Gasteiger partial charge in [0.25, 0.3) is 0 Å². The lowest BCUT2D eigenvalue weighted by Crippen LogP contribution is -2.28. The summed E-state index contributed by atoms with van der Waals surface area (Å²) < 4.78 is 10.7. The van der Waals surface area contributed by atoms with Gasteiger partial charge in [-0.3, -0.25) is 4.79 Å². The highest BCUT2D eigenvalue weighted by Crippen LogP contribution is 2.33. The first-order valence-corrected chi connectivity index (χ1v) is 11.6. The molecule has 0 aliphatic heterocycles. The Morgan fingerprint density at radius 1 is 1.15 bits per heavy atom. The molecule has 0 aliphatic carbocycles. The molecule has 7 nitrogen and oxygen atoms in total. The minimum absolute atomic E-state index is 0.125. The summed E-state index contributed by atoms with van der Waals surface area (Å²) in [6.07, 6.45) is 2.48. The number of anilines is 2. The maximum atomic E-state index is 12.7. The number of fused-ring (bicyclic) bond motifs is 1. The number of methoxy groups -OCH3 is 1. The number of hydrogen-bond donors (Lipinski definition) is 1. The first-order chi connectivity index (χ1) is 16.5. The second-order valence-electron chi connectivity index (χ2n) is 7.63. The molecule has 2 aromatic heterocycles. The Balaban J connectivity index is 1.62. The van der Waals surface area contributed by atoms with Crippen molar-refractivity contribution in [3.8, 4) is 5.75 Å². The molecule has 0 saturated heterocycles. The van der Waals surface area contributed by atoms with Crippen molar-refractivity contribution in [1.82, 2.24) is 9.97 Å². The molecule has 1 N–H and O–H groups in total. The maximum Gasteiger partial charge on any atom is 0.226 e. The van der Waals surface area contributed by atoms with Gasteiger partial charge in [-0.15, -0.1) is 0 Å². The van der Waals surface area contributed by atoms with Crippen LogP contribution in [0.3, 0.4) is 0 Å². The van der Waals surface area contributed by atoms with Crippen molar-refractivity contribution in [2.75, 3.05) is 23.9 Å². The molecule has 0 bridgehead atoms. The van der Waals surface area contributed by atoms with E-state index in [1.165, 1.54) is 0 Å². The second-order valence-corrected chi connectivity index (χ2v) is 8.47. The van der Waals surface area contributed by atoms with Crippen LogP contribution in [0.4, 0.5) is 11.5 Å². The van der Waals surface area contributed by atoms with Crippen LogP contribution >= 0.6 is 23.2 Å². The molecular formula is C25H24Cl2N4O3. The topological polar surface area (TPSA) is 80.5 Å². The number of nitrogens with one attached hydrogen (secondary N) is 1. The third-order valence-corrected chi connectivity index (χ3v) is 5.78. The number of halogens is 2. The molecule has 0 unspecified atom stereocenters. The van der Waals surface area contributed by atoms with Crippen LogP contribution in [0, 0.1) is 0 Å². The fourth-order valence-electron chi connectivity index (χ4n) is 3.57. The summed E-state index contributed by atoms with van der Waals surface area (Å²) in [6, 6.07) is 14.4. The summed E-state index contributed by atoms with van der Waals surface area (Å²) in [5.74, 6) is 2.65. The van der Waals surface area contributed by atoms with Crippen LogP contribution in [0.15, 0.2) is 59.2 Å². The normalized spacial score (nSPS) is 10.9.